The van der Waals surface area contributed by atoms with Crippen molar-refractivity contribution in [3.05, 3.63) is 31.0 Å². The Kier molecular flexibility index (Phi) is 4.09. The molecule has 0 aliphatic carbocycles. The molecule has 0 saturated heterocycles. The first kappa shape index (κ1) is 14.1. The molecule has 0 saturated carbocycles. The van der Waals surface area contributed by atoms with Gasteiger partial charge in [-0.2, -0.15) is 5.10 Å². The van der Waals surface area contributed by atoms with Gasteiger partial charge in [0.15, 0.2) is 5.82 Å². The van der Waals surface area contributed by atoms with Crippen molar-refractivity contribution in [3.63, 3.8) is 0 Å². The zero-order valence-corrected chi connectivity index (χ0v) is 11.8. The van der Waals surface area contributed by atoms with Crippen LogP contribution in [0.25, 0.3) is 5.82 Å². The number of amides is 1. The Bertz CT molecular complexity index is 573. The number of aromatic nitrogens is 4. The molecule has 7 nitrogen and oxygen atoms in total. The Labute approximate surface area is 117 Å². The minimum absolute atomic E-state index is 0.110. The summed E-state index contributed by atoms with van der Waals surface area (Å²) in [6.07, 6.45) is 4.59. The molecule has 0 aliphatic rings. The Balaban J connectivity index is 2.08. The summed E-state index contributed by atoms with van der Waals surface area (Å²) in [5.74, 6) is 0.406. The first-order chi connectivity index (χ1) is 9.46. The van der Waals surface area contributed by atoms with Crippen molar-refractivity contribution < 1.29 is 4.79 Å². The third-order valence-electron chi connectivity index (χ3n) is 2.48. The van der Waals surface area contributed by atoms with Gasteiger partial charge in [-0.05, 0) is 32.9 Å². The van der Waals surface area contributed by atoms with Crippen molar-refractivity contribution in [2.24, 2.45) is 0 Å². The number of nitrogens with zero attached hydrogens (tertiary/aromatic N) is 4. The normalized spacial score (nSPS) is 11.3. The zero-order chi connectivity index (χ0) is 14.6. The first-order valence-electron chi connectivity index (χ1n) is 6.30. The van der Waals surface area contributed by atoms with E-state index in [1.165, 1.54) is 17.3 Å². The fraction of sp³-hybridized carbons (Fsp3) is 0.385. The van der Waals surface area contributed by atoms with Gasteiger partial charge in [-0.25, -0.2) is 14.6 Å². The minimum atomic E-state index is -0.130. The quantitative estimate of drug-likeness (QED) is 0.868. The van der Waals surface area contributed by atoms with Crippen molar-refractivity contribution in [1.29, 1.82) is 0 Å². The number of rotatable bonds is 4. The SMILES string of the molecule is CC(C)(C)NCC(=O)Nc1cccnc1-n1cncn1. The van der Waals surface area contributed by atoms with Crippen LogP contribution in [0.4, 0.5) is 5.69 Å². The van der Waals surface area contributed by atoms with E-state index in [0.29, 0.717) is 11.5 Å². The lowest BCUT2D eigenvalue weighted by atomic mass is 10.1. The molecule has 106 valence electrons. The molecule has 2 heterocycles. The molecule has 1 amide bonds. The number of carbonyl (C=O) groups is 1. The molecule has 7 heteroatoms. The number of hydrogen-bond donors (Lipinski definition) is 2. The average Bonchev–Trinajstić information content (AvgIpc) is 2.90. The van der Waals surface area contributed by atoms with Crippen LogP contribution in [0.15, 0.2) is 31.0 Å². The molecule has 20 heavy (non-hydrogen) atoms. The third-order valence-corrected chi connectivity index (χ3v) is 2.48. The maximum atomic E-state index is 11.9. The molecule has 0 bridgehead atoms. The summed E-state index contributed by atoms with van der Waals surface area (Å²) in [6, 6.07) is 3.53. The first-order valence-corrected chi connectivity index (χ1v) is 6.30. The van der Waals surface area contributed by atoms with Gasteiger partial charge in [0.1, 0.15) is 12.7 Å². The molecule has 2 aromatic heterocycles. The van der Waals surface area contributed by atoms with Crippen molar-refractivity contribution in [2.45, 2.75) is 26.3 Å². The standard InChI is InChI=1S/C13H18N6O/c1-13(2,3)16-7-11(20)18-10-5-4-6-15-12(10)19-9-14-8-17-19/h4-6,8-9,16H,7H2,1-3H3,(H,18,20). The van der Waals surface area contributed by atoms with Crippen LogP contribution < -0.4 is 10.6 Å². The molecule has 0 radical (unpaired) electrons. The highest BCUT2D eigenvalue weighted by molar-refractivity contribution is 5.93. The summed E-state index contributed by atoms with van der Waals surface area (Å²) in [7, 11) is 0. The van der Waals surface area contributed by atoms with Crippen LogP contribution in [0.3, 0.4) is 0 Å². The molecule has 0 spiro atoms. The Hall–Kier alpha value is -2.28. The monoisotopic (exact) mass is 274 g/mol. The Morgan fingerprint density at radius 2 is 2.20 bits per heavy atom. The van der Waals surface area contributed by atoms with Crippen molar-refractivity contribution in [2.75, 3.05) is 11.9 Å². The lowest BCUT2D eigenvalue weighted by Gasteiger charge is -2.20. The Morgan fingerprint density at radius 1 is 1.40 bits per heavy atom. The predicted octanol–water partition coefficient (Wildman–Crippen LogP) is 0.989. The number of nitrogens with one attached hydrogen (secondary N) is 2. The van der Waals surface area contributed by atoms with Crippen LogP contribution in [0.2, 0.25) is 0 Å². The van der Waals surface area contributed by atoms with Gasteiger partial charge in [0.2, 0.25) is 5.91 Å². The van der Waals surface area contributed by atoms with Crippen molar-refractivity contribution >= 4 is 11.6 Å². The van der Waals surface area contributed by atoms with Gasteiger partial charge in [0.25, 0.3) is 0 Å². The Morgan fingerprint density at radius 3 is 2.85 bits per heavy atom. The molecule has 0 atom stereocenters. The third kappa shape index (κ3) is 3.86. The van der Waals surface area contributed by atoms with Crippen LogP contribution in [-0.2, 0) is 4.79 Å². The molecular formula is C13H18N6O. The molecular weight excluding hydrogens is 256 g/mol. The lowest BCUT2D eigenvalue weighted by molar-refractivity contribution is -0.115. The lowest BCUT2D eigenvalue weighted by Crippen LogP contribution is -2.41. The summed E-state index contributed by atoms with van der Waals surface area (Å²) in [5.41, 5.74) is 0.486. The van der Waals surface area contributed by atoms with E-state index >= 15 is 0 Å². The van der Waals surface area contributed by atoms with Gasteiger partial charge >= 0.3 is 0 Å². The van der Waals surface area contributed by atoms with Gasteiger partial charge in [-0.15, -0.1) is 0 Å². The number of hydrogen-bond acceptors (Lipinski definition) is 5. The summed E-state index contributed by atoms with van der Waals surface area (Å²) in [5, 5.41) is 9.96. The van der Waals surface area contributed by atoms with Crippen LogP contribution in [0.1, 0.15) is 20.8 Å². The largest absolute Gasteiger partial charge is 0.322 e. The summed E-state index contributed by atoms with van der Waals surface area (Å²) >= 11 is 0. The van der Waals surface area contributed by atoms with Crippen LogP contribution in [0, 0.1) is 0 Å². The molecule has 2 rings (SSSR count). The van der Waals surface area contributed by atoms with E-state index in [1.807, 2.05) is 20.8 Å². The fourth-order valence-electron chi connectivity index (χ4n) is 1.53. The van der Waals surface area contributed by atoms with Crippen LogP contribution in [0.5, 0.6) is 0 Å². The second-order valence-corrected chi connectivity index (χ2v) is 5.37. The van der Waals surface area contributed by atoms with E-state index in [4.69, 9.17) is 0 Å². The highest BCUT2D eigenvalue weighted by Gasteiger charge is 2.13. The topological polar surface area (TPSA) is 84.7 Å². The number of anilines is 1. The number of pyridine rings is 1. The highest BCUT2D eigenvalue weighted by Crippen LogP contribution is 2.15. The van der Waals surface area contributed by atoms with Crippen LogP contribution >= 0.6 is 0 Å². The molecule has 0 aliphatic heterocycles. The van der Waals surface area contributed by atoms with Gasteiger partial charge in [-0.3, -0.25) is 4.79 Å². The van der Waals surface area contributed by atoms with E-state index in [9.17, 15) is 4.79 Å². The minimum Gasteiger partial charge on any atom is -0.322 e. The molecule has 0 fully saturated rings. The van der Waals surface area contributed by atoms with E-state index in [0.717, 1.165) is 0 Å². The average molecular weight is 274 g/mol. The number of carbonyl (C=O) groups excluding carboxylic acids is 1. The van der Waals surface area contributed by atoms with Crippen molar-refractivity contribution in [3.8, 4) is 5.82 Å². The molecule has 0 unspecified atom stereocenters. The maximum absolute atomic E-state index is 11.9. The van der Waals surface area contributed by atoms with E-state index in [-0.39, 0.29) is 18.0 Å². The summed E-state index contributed by atoms with van der Waals surface area (Å²) in [4.78, 5) is 20.0. The summed E-state index contributed by atoms with van der Waals surface area (Å²) in [6.45, 7) is 6.25. The van der Waals surface area contributed by atoms with E-state index in [2.05, 4.69) is 25.7 Å². The predicted molar refractivity (Wildman–Crippen MR) is 75.5 cm³/mol. The summed E-state index contributed by atoms with van der Waals surface area (Å²) < 4.78 is 1.51. The zero-order valence-electron chi connectivity index (χ0n) is 11.8. The van der Waals surface area contributed by atoms with E-state index < -0.39 is 0 Å². The second-order valence-electron chi connectivity index (χ2n) is 5.37. The second kappa shape index (κ2) is 5.79. The van der Waals surface area contributed by atoms with Crippen LogP contribution in [-0.4, -0.2) is 37.7 Å². The molecule has 2 N–H and O–H groups in total. The molecule has 0 aromatic carbocycles. The van der Waals surface area contributed by atoms with E-state index in [1.54, 1.807) is 18.3 Å². The smallest absolute Gasteiger partial charge is 0.238 e. The van der Waals surface area contributed by atoms with Gasteiger partial charge < -0.3 is 10.6 Å². The van der Waals surface area contributed by atoms with Gasteiger partial charge in [-0.1, -0.05) is 0 Å². The fourth-order valence-corrected chi connectivity index (χ4v) is 1.53. The van der Waals surface area contributed by atoms with Gasteiger partial charge in [0, 0.05) is 11.7 Å². The highest BCUT2D eigenvalue weighted by atomic mass is 16.1. The maximum Gasteiger partial charge on any atom is 0.238 e. The van der Waals surface area contributed by atoms with Gasteiger partial charge in [0.05, 0.1) is 12.2 Å². The molecule has 2 aromatic rings. The van der Waals surface area contributed by atoms with Crippen molar-refractivity contribution in [1.82, 2.24) is 25.1 Å².